The fourth-order valence-corrected chi connectivity index (χ4v) is 4.95. The van der Waals surface area contributed by atoms with E-state index < -0.39 is 0 Å². The van der Waals surface area contributed by atoms with Crippen LogP contribution in [-0.2, 0) is 0 Å². The summed E-state index contributed by atoms with van der Waals surface area (Å²) in [5, 5.41) is 0.790. The van der Waals surface area contributed by atoms with Crippen molar-refractivity contribution < 1.29 is 0 Å². The summed E-state index contributed by atoms with van der Waals surface area (Å²) in [6.45, 7) is 9.54. The second-order valence-electron chi connectivity index (χ2n) is 6.49. The zero-order valence-electron chi connectivity index (χ0n) is 11.6. The van der Waals surface area contributed by atoms with E-state index in [2.05, 4.69) is 28.5 Å². The first-order valence-electron chi connectivity index (χ1n) is 7.51. The summed E-state index contributed by atoms with van der Waals surface area (Å²) >= 11 is 2.11. The van der Waals surface area contributed by atoms with Crippen LogP contribution >= 0.6 is 11.8 Å². The molecule has 0 amide bonds. The van der Waals surface area contributed by atoms with Crippen molar-refractivity contribution in [3.63, 3.8) is 0 Å². The van der Waals surface area contributed by atoms with Gasteiger partial charge in [0.15, 0.2) is 0 Å². The van der Waals surface area contributed by atoms with Crippen LogP contribution in [0.25, 0.3) is 0 Å². The minimum Gasteiger partial charge on any atom is -0.329 e. The molecule has 1 aliphatic carbocycles. The largest absolute Gasteiger partial charge is 0.329 e. The molecule has 2 heterocycles. The van der Waals surface area contributed by atoms with Crippen molar-refractivity contribution in [3.05, 3.63) is 0 Å². The molecule has 1 saturated carbocycles. The Labute approximate surface area is 115 Å². The molecule has 2 atom stereocenters. The van der Waals surface area contributed by atoms with Crippen molar-refractivity contribution >= 4 is 11.8 Å². The van der Waals surface area contributed by atoms with Gasteiger partial charge in [0.2, 0.25) is 0 Å². The van der Waals surface area contributed by atoms with Crippen molar-refractivity contribution in [2.75, 3.05) is 45.0 Å². The number of hydrogen-bond donors (Lipinski definition) is 1. The number of rotatable bonds is 4. The summed E-state index contributed by atoms with van der Waals surface area (Å²) in [5.41, 5.74) is 6.43. The predicted molar refractivity (Wildman–Crippen MR) is 79.1 cm³/mol. The number of nitrogens with zero attached hydrogens (tertiary/aromatic N) is 2. The average molecular weight is 269 g/mol. The quantitative estimate of drug-likeness (QED) is 0.832. The normalized spacial score (nSPS) is 39.3. The van der Waals surface area contributed by atoms with Crippen molar-refractivity contribution in [1.82, 2.24) is 9.80 Å². The molecule has 2 N–H and O–H groups in total. The number of nitrogens with two attached hydrogens (primary N) is 1. The highest BCUT2D eigenvalue weighted by Crippen LogP contribution is 2.38. The summed E-state index contributed by atoms with van der Waals surface area (Å²) in [4.78, 5) is 5.37. The van der Waals surface area contributed by atoms with Crippen LogP contribution < -0.4 is 5.73 Å². The third kappa shape index (κ3) is 2.72. The molecule has 3 rings (SSSR count). The molecule has 0 radical (unpaired) electrons. The van der Waals surface area contributed by atoms with Crippen LogP contribution in [0, 0.1) is 5.92 Å². The topological polar surface area (TPSA) is 32.5 Å². The number of thioether (sulfide) groups is 1. The highest BCUT2D eigenvalue weighted by Gasteiger charge is 2.43. The van der Waals surface area contributed by atoms with E-state index in [0.717, 1.165) is 17.7 Å². The molecular formula is C14H27N3S. The van der Waals surface area contributed by atoms with Crippen LogP contribution in [-0.4, -0.2) is 65.6 Å². The lowest BCUT2D eigenvalue weighted by atomic mass is 9.93. The molecule has 104 valence electrons. The Morgan fingerprint density at radius 2 is 1.94 bits per heavy atom. The lowest BCUT2D eigenvalue weighted by Crippen LogP contribution is -2.60. The maximum atomic E-state index is 6.12. The Hall–Kier alpha value is 0.230. The van der Waals surface area contributed by atoms with E-state index in [1.54, 1.807) is 0 Å². The Bertz CT molecular complexity index is 287. The van der Waals surface area contributed by atoms with Crippen LogP contribution in [0.1, 0.15) is 26.2 Å². The van der Waals surface area contributed by atoms with Gasteiger partial charge in [-0.3, -0.25) is 4.90 Å². The van der Waals surface area contributed by atoms with Gasteiger partial charge in [0, 0.05) is 55.8 Å². The van der Waals surface area contributed by atoms with Crippen molar-refractivity contribution in [2.24, 2.45) is 11.7 Å². The zero-order valence-corrected chi connectivity index (χ0v) is 12.4. The van der Waals surface area contributed by atoms with Crippen LogP contribution in [0.4, 0.5) is 0 Å². The van der Waals surface area contributed by atoms with Gasteiger partial charge in [-0.15, -0.1) is 0 Å². The maximum Gasteiger partial charge on any atom is 0.0433 e. The van der Waals surface area contributed by atoms with E-state index in [1.807, 2.05) is 0 Å². The first-order valence-corrected chi connectivity index (χ1v) is 8.56. The second-order valence-corrected chi connectivity index (χ2v) is 7.91. The van der Waals surface area contributed by atoms with Gasteiger partial charge in [0.05, 0.1) is 0 Å². The molecule has 0 spiro atoms. The molecule has 2 aliphatic heterocycles. The van der Waals surface area contributed by atoms with E-state index >= 15 is 0 Å². The van der Waals surface area contributed by atoms with E-state index in [4.69, 9.17) is 5.73 Å². The Kier molecular flexibility index (Phi) is 3.90. The molecule has 0 aromatic heterocycles. The standard InChI is InChI=1S/C14H27N3S/c1-12-8-14(10-15,11-18-12)17-6-4-16(5-7-17)9-13-2-3-13/h12-13H,2-11,15H2,1H3. The highest BCUT2D eigenvalue weighted by molar-refractivity contribution is 8.00. The Balaban J connectivity index is 1.54. The van der Waals surface area contributed by atoms with Gasteiger partial charge in [-0.1, -0.05) is 6.92 Å². The molecular weight excluding hydrogens is 242 g/mol. The minimum atomic E-state index is 0.315. The number of hydrogen-bond acceptors (Lipinski definition) is 4. The first-order chi connectivity index (χ1) is 8.72. The zero-order chi connectivity index (χ0) is 12.6. The summed E-state index contributed by atoms with van der Waals surface area (Å²) in [6, 6.07) is 0. The van der Waals surface area contributed by atoms with Crippen LogP contribution in [0.3, 0.4) is 0 Å². The molecule has 3 fully saturated rings. The third-order valence-electron chi connectivity index (χ3n) is 4.94. The van der Waals surface area contributed by atoms with Gasteiger partial charge >= 0.3 is 0 Å². The van der Waals surface area contributed by atoms with E-state index in [1.165, 1.54) is 57.7 Å². The lowest BCUT2D eigenvalue weighted by molar-refractivity contribution is 0.0468. The first kappa shape index (κ1) is 13.2. The fourth-order valence-electron chi connectivity index (χ4n) is 3.51. The molecule has 4 heteroatoms. The summed E-state index contributed by atoms with van der Waals surface area (Å²) in [6.07, 6.45) is 4.24. The van der Waals surface area contributed by atoms with E-state index in [0.29, 0.717) is 5.54 Å². The van der Waals surface area contributed by atoms with Crippen molar-refractivity contribution in [1.29, 1.82) is 0 Å². The van der Waals surface area contributed by atoms with Gasteiger partial charge < -0.3 is 10.6 Å². The van der Waals surface area contributed by atoms with Gasteiger partial charge in [0.25, 0.3) is 0 Å². The summed E-state index contributed by atoms with van der Waals surface area (Å²) < 4.78 is 0. The fraction of sp³-hybridized carbons (Fsp3) is 1.00. The van der Waals surface area contributed by atoms with Crippen LogP contribution in [0.5, 0.6) is 0 Å². The average Bonchev–Trinajstić information content (AvgIpc) is 3.11. The van der Waals surface area contributed by atoms with Crippen LogP contribution in [0.2, 0.25) is 0 Å². The molecule has 0 aromatic carbocycles. The molecule has 3 nitrogen and oxygen atoms in total. The lowest BCUT2D eigenvalue weighted by Gasteiger charge is -2.45. The Morgan fingerprint density at radius 3 is 2.44 bits per heavy atom. The van der Waals surface area contributed by atoms with E-state index in [9.17, 15) is 0 Å². The molecule has 2 saturated heterocycles. The Morgan fingerprint density at radius 1 is 1.22 bits per heavy atom. The van der Waals surface area contributed by atoms with Crippen molar-refractivity contribution in [2.45, 2.75) is 37.0 Å². The monoisotopic (exact) mass is 269 g/mol. The predicted octanol–water partition coefficient (Wildman–Crippen LogP) is 1.24. The highest BCUT2D eigenvalue weighted by atomic mass is 32.2. The minimum absolute atomic E-state index is 0.315. The smallest absolute Gasteiger partial charge is 0.0433 e. The van der Waals surface area contributed by atoms with Crippen molar-refractivity contribution in [3.8, 4) is 0 Å². The molecule has 3 aliphatic rings. The number of piperazine rings is 1. The summed E-state index contributed by atoms with van der Waals surface area (Å²) in [7, 11) is 0. The van der Waals surface area contributed by atoms with Gasteiger partial charge in [-0.05, 0) is 25.2 Å². The van der Waals surface area contributed by atoms with Gasteiger partial charge in [-0.25, -0.2) is 0 Å². The van der Waals surface area contributed by atoms with E-state index in [-0.39, 0.29) is 0 Å². The SMILES string of the molecule is CC1CC(CN)(N2CCN(CC3CC3)CC2)CS1. The molecule has 0 aromatic rings. The third-order valence-corrected chi connectivity index (χ3v) is 6.38. The molecule has 2 unspecified atom stereocenters. The van der Waals surface area contributed by atoms with Crippen LogP contribution in [0.15, 0.2) is 0 Å². The van der Waals surface area contributed by atoms with Gasteiger partial charge in [-0.2, -0.15) is 11.8 Å². The molecule has 18 heavy (non-hydrogen) atoms. The second kappa shape index (κ2) is 5.31. The summed E-state index contributed by atoms with van der Waals surface area (Å²) in [5.74, 6) is 2.27. The maximum absolute atomic E-state index is 6.12. The van der Waals surface area contributed by atoms with Gasteiger partial charge in [0.1, 0.15) is 0 Å². The molecule has 0 bridgehead atoms.